The summed E-state index contributed by atoms with van der Waals surface area (Å²) in [6, 6.07) is 5.66. The Morgan fingerprint density at radius 2 is 2.07 bits per heavy atom. The summed E-state index contributed by atoms with van der Waals surface area (Å²) in [4.78, 5) is 0. The highest BCUT2D eigenvalue weighted by molar-refractivity contribution is 9.10. The van der Waals surface area contributed by atoms with Crippen LogP contribution < -0.4 is 0 Å². The van der Waals surface area contributed by atoms with Gasteiger partial charge in [0.25, 0.3) is 0 Å². The van der Waals surface area contributed by atoms with Crippen molar-refractivity contribution in [3.63, 3.8) is 0 Å². The van der Waals surface area contributed by atoms with Crippen LogP contribution in [0.4, 0.5) is 0 Å². The van der Waals surface area contributed by atoms with Crippen LogP contribution in [-0.2, 0) is 0 Å². The Morgan fingerprint density at radius 3 is 2.67 bits per heavy atom. The highest BCUT2D eigenvalue weighted by Crippen LogP contribution is 2.25. The number of aliphatic hydroxyl groups excluding tert-OH is 2. The van der Waals surface area contributed by atoms with Gasteiger partial charge < -0.3 is 10.2 Å². The summed E-state index contributed by atoms with van der Waals surface area (Å²) < 4.78 is 0.903. The van der Waals surface area contributed by atoms with Crippen molar-refractivity contribution in [1.82, 2.24) is 0 Å². The molecular weight excluding hydrogens is 276 g/mol. The van der Waals surface area contributed by atoms with Crippen molar-refractivity contribution in [2.24, 2.45) is 0 Å². The van der Waals surface area contributed by atoms with Gasteiger partial charge in [0.2, 0.25) is 0 Å². The minimum atomic E-state index is -0.838. The van der Waals surface area contributed by atoms with Gasteiger partial charge >= 0.3 is 0 Å². The third-order valence-corrected chi connectivity index (χ3v) is 3.10. The van der Waals surface area contributed by atoms with Gasteiger partial charge in [0.1, 0.15) is 6.10 Å². The number of benzene rings is 1. The second-order valence-electron chi connectivity index (χ2n) is 3.53. The van der Waals surface area contributed by atoms with E-state index in [0.717, 1.165) is 15.6 Å². The van der Waals surface area contributed by atoms with E-state index in [1.165, 1.54) is 0 Å². The van der Waals surface area contributed by atoms with Crippen molar-refractivity contribution >= 4 is 28.6 Å². The first-order valence-corrected chi connectivity index (χ1v) is 6.22. The monoisotopic (exact) mass is 290 g/mol. The second kappa shape index (κ2) is 5.89. The third kappa shape index (κ3) is 3.48. The zero-order valence-electron chi connectivity index (χ0n) is 8.52. The zero-order valence-corrected chi connectivity index (χ0v) is 11.0. The minimum Gasteiger partial charge on any atom is -0.390 e. The van der Waals surface area contributed by atoms with Gasteiger partial charge in [-0.3, -0.25) is 0 Å². The molecule has 0 aliphatic heterocycles. The lowest BCUT2D eigenvalue weighted by Crippen LogP contribution is -2.19. The van der Waals surface area contributed by atoms with E-state index in [9.17, 15) is 10.2 Å². The summed E-state index contributed by atoms with van der Waals surface area (Å²) in [5, 5.41) is 19.6. The first kappa shape index (κ1) is 13.0. The highest BCUT2D eigenvalue weighted by Gasteiger charge is 2.19. The predicted octanol–water partition coefficient (Wildman–Crippen LogP) is 2.47. The summed E-state index contributed by atoms with van der Waals surface area (Å²) in [7, 11) is 0. The maximum absolute atomic E-state index is 9.92. The van der Waals surface area contributed by atoms with E-state index >= 15 is 0 Å². The SMILES string of the molecule is Cc1ccc(Br)cc1C(O)C(O)CCS. The fourth-order valence-electron chi connectivity index (χ4n) is 1.43. The molecule has 0 aromatic heterocycles. The van der Waals surface area contributed by atoms with Gasteiger partial charge in [0, 0.05) is 4.47 Å². The van der Waals surface area contributed by atoms with Crippen LogP contribution in [0.3, 0.4) is 0 Å². The summed E-state index contributed by atoms with van der Waals surface area (Å²) >= 11 is 7.38. The van der Waals surface area contributed by atoms with Crippen molar-refractivity contribution in [3.8, 4) is 0 Å². The van der Waals surface area contributed by atoms with Gasteiger partial charge in [-0.15, -0.1) is 0 Å². The van der Waals surface area contributed by atoms with Crippen LogP contribution in [0.5, 0.6) is 0 Å². The average molecular weight is 291 g/mol. The van der Waals surface area contributed by atoms with Crippen molar-refractivity contribution in [2.45, 2.75) is 25.6 Å². The average Bonchev–Trinajstić information content (AvgIpc) is 2.21. The van der Waals surface area contributed by atoms with Gasteiger partial charge in [0.05, 0.1) is 6.10 Å². The van der Waals surface area contributed by atoms with Gasteiger partial charge in [-0.2, -0.15) is 12.6 Å². The van der Waals surface area contributed by atoms with Crippen molar-refractivity contribution in [3.05, 3.63) is 33.8 Å². The zero-order chi connectivity index (χ0) is 11.4. The molecule has 2 nitrogen and oxygen atoms in total. The summed E-state index contributed by atoms with van der Waals surface area (Å²) in [6.45, 7) is 1.92. The Kier molecular flexibility index (Phi) is 5.12. The number of halogens is 1. The minimum absolute atomic E-state index is 0.482. The molecule has 0 saturated carbocycles. The Labute approximate surface area is 104 Å². The number of rotatable bonds is 4. The van der Waals surface area contributed by atoms with Crippen LogP contribution in [0.1, 0.15) is 23.7 Å². The van der Waals surface area contributed by atoms with E-state index in [2.05, 4.69) is 28.6 Å². The van der Waals surface area contributed by atoms with E-state index < -0.39 is 12.2 Å². The van der Waals surface area contributed by atoms with E-state index in [1.54, 1.807) is 0 Å². The first-order valence-electron chi connectivity index (χ1n) is 4.79. The first-order chi connectivity index (χ1) is 7.06. The standard InChI is InChI=1S/C11H15BrO2S/c1-7-2-3-8(12)6-9(7)11(14)10(13)4-5-15/h2-3,6,10-11,13-15H,4-5H2,1H3. The maximum atomic E-state index is 9.92. The van der Waals surface area contributed by atoms with Crippen molar-refractivity contribution in [2.75, 3.05) is 5.75 Å². The molecule has 84 valence electrons. The second-order valence-corrected chi connectivity index (χ2v) is 4.89. The maximum Gasteiger partial charge on any atom is 0.105 e. The summed E-state index contributed by atoms with van der Waals surface area (Å²) in [6.07, 6.45) is -1.11. The van der Waals surface area contributed by atoms with Crippen molar-refractivity contribution in [1.29, 1.82) is 0 Å². The van der Waals surface area contributed by atoms with Crippen LogP contribution in [0.2, 0.25) is 0 Å². The predicted molar refractivity (Wildman–Crippen MR) is 68.3 cm³/mol. The number of aliphatic hydroxyl groups is 2. The largest absolute Gasteiger partial charge is 0.390 e. The Hall–Kier alpha value is -0.0300. The van der Waals surface area contributed by atoms with E-state index in [0.29, 0.717) is 12.2 Å². The smallest absolute Gasteiger partial charge is 0.105 e. The van der Waals surface area contributed by atoms with E-state index in [-0.39, 0.29) is 0 Å². The fraction of sp³-hybridized carbons (Fsp3) is 0.455. The molecule has 0 aliphatic carbocycles. The normalized spacial score (nSPS) is 15.0. The highest BCUT2D eigenvalue weighted by atomic mass is 79.9. The molecule has 2 unspecified atom stereocenters. The number of hydrogen-bond acceptors (Lipinski definition) is 3. The Bertz CT molecular complexity index is 330. The van der Waals surface area contributed by atoms with Gasteiger partial charge in [-0.1, -0.05) is 22.0 Å². The molecule has 0 bridgehead atoms. The summed E-state index contributed by atoms with van der Waals surface area (Å²) in [5.41, 5.74) is 1.74. The Balaban J connectivity index is 2.89. The molecule has 2 atom stereocenters. The molecule has 0 saturated heterocycles. The van der Waals surface area contributed by atoms with Crippen LogP contribution >= 0.6 is 28.6 Å². The molecular formula is C11H15BrO2S. The molecule has 2 N–H and O–H groups in total. The molecule has 15 heavy (non-hydrogen) atoms. The van der Waals surface area contributed by atoms with Crippen LogP contribution in [-0.4, -0.2) is 22.1 Å². The molecule has 1 aromatic rings. The van der Waals surface area contributed by atoms with Crippen LogP contribution in [0.15, 0.2) is 22.7 Å². The molecule has 1 aromatic carbocycles. The molecule has 0 amide bonds. The topological polar surface area (TPSA) is 40.5 Å². The number of thiol groups is 1. The molecule has 0 fully saturated rings. The number of hydrogen-bond donors (Lipinski definition) is 3. The van der Waals surface area contributed by atoms with E-state index in [4.69, 9.17) is 0 Å². The van der Waals surface area contributed by atoms with Gasteiger partial charge in [0.15, 0.2) is 0 Å². The van der Waals surface area contributed by atoms with Crippen LogP contribution in [0.25, 0.3) is 0 Å². The quantitative estimate of drug-likeness (QED) is 0.746. The van der Waals surface area contributed by atoms with Gasteiger partial charge in [-0.05, 0) is 42.4 Å². The molecule has 0 spiro atoms. The van der Waals surface area contributed by atoms with E-state index in [1.807, 2.05) is 25.1 Å². The molecule has 4 heteroatoms. The number of aryl methyl sites for hydroxylation is 1. The third-order valence-electron chi connectivity index (χ3n) is 2.35. The lowest BCUT2D eigenvalue weighted by Gasteiger charge is -2.19. The molecule has 0 radical (unpaired) electrons. The molecule has 1 rings (SSSR count). The lowest BCUT2D eigenvalue weighted by molar-refractivity contribution is 0.0168. The summed E-state index contributed by atoms with van der Waals surface area (Å²) in [5.74, 6) is 0.561. The fourth-order valence-corrected chi connectivity index (χ4v) is 2.07. The Morgan fingerprint density at radius 1 is 1.40 bits per heavy atom. The van der Waals surface area contributed by atoms with Gasteiger partial charge in [-0.25, -0.2) is 0 Å². The molecule has 0 heterocycles. The molecule has 0 aliphatic rings. The van der Waals surface area contributed by atoms with Crippen molar-refractivity contribution < 1.29 is 10.2 Å². The van der Waals surface area contributed by atoms with Crippen LogP contribution in [0, 0.1) is 6.92 Å². The lowest BCUT2D eigenvalue weighted by atomic mass is 9.98.